The van der Waals surface area contributed by atoms with Crippen molar-refractivity contribution in [1.82, 2.24) is 14.9 Å². The molecule has 0 atom stereocenters. The molecule has 0 unspecified atom stereocenters. The number of rotatable bonds is 6. The molecule has 2 aliphatic heterocycles. The minimum absolute atomic E-state index is 0.0833. The lowest BCUT2D eigenvalue weighted by molar-refractivity contribution is -0.0496. The number of hydrogen-bond donors (Lipinski definition) is 2. The molecule has 3 rings (SSSR count). The molecule has 11 heteroatoms. The third-order valence-electron chi connectivity index (χ3n) is 5.45. The number of benzene rings is 1. The number of ether oxygens (including phenoxy) is 1. The fourth-order valence-electron chi connectivity index (χ4n) is 3.68. The van der Waals surface area contributed by atoms with Crippen LogP contribution in [0.15, 0.2) is 23.2 Å². The maximum Gasteiger partial charge on any atom is 0.511 e. The van der Waals surface area contributed by atoms with Crippen molar-refractivity contribution in [2.24, 2.45) is 10.9 Å². The van der Waals surface area contributed by atoms with Crippen molar-refractivity contribution in [3.8, 4) is 5.75 Å². The van der Waals surface area contributed by atoms with Gasteiger partial charge in [0.25, 0.3) is 0 Å². The van der Waals surface area contributed by atoms with Gasteiger partial charge in [0.2, 0.25) is 0 Å². The van der Waals surface area contributed by atoms with Crippen LogP contribution in [0.5, 0.6) is 5.75 Å². The van der Waals surface area contributed by atoms with Crippen molar-refractivity contribution >= 4 is 16.0 Å². The molecule has 30 heavy (non-hydrogen) atoms. The van der Waals surface area contributed by atoms with E-state index >= 15 is 0 Å². The Morgan fingerprint density at radius 2 is 2.00 bits per heavy atom. The average Bonchev–Trinajstić information content (AvgIpc) is 3.18. The van der Waals surface area contributed by atoms with Crippen LogP contribution in [0.2, 0.25) is 0 Å². The third-order valence-corrected chi connectivity index (χ3v) is 7.08. The summed E-state index contributed by atoms with van der Waals surface area (Å²) < 4.78 is 66.9. The summed E-state index contributed by atoms with van der Waals surface area (Å²) in [7, 11) is -3.58. The molecule has 2 heterocycles. The second kappa shape index (κ2) is 9.42. The van der Waals surface area contributed by atoms with Gasteiger partial charge < -0.3 is 15.4 Å². The molecule has 1 saturated heterocycles. The first-order valence-electron chi connectivity index (χ1n) is 9.96. The standard InChI is InChI=1S/C19H27F3N4O3S/c1-23-18(24-8-4-14-2-3-17-16(12-14)7-11-29-17)25-13-15-5-9-26(10-6-15)30(27,28)19(20,21)22/h2-3,12,15H,4-11,13H2,1H3,(H2,23,24,25). The van der Waals surface area contributed by atoms with Gasteiger partial charge in [-0.25, -0.2) is 8.42 Å². The minimum Gasteiger partial charge on any atom is -0.493 e. The molecule has 0 aromatic heterocycles. The zero-order valence-corrected chi connectivity index (χ0v) is 17.7. The summed E-state index contributed by atoms with van der Waals surface area (Å²) in [6, 6.07) is 6.20. The number of guanidine groups is 1. The summed E-state index contributed by atoms with van der Waals surface area (Å²) in [6.45, 7) is 1.69. The summed E-state index contributed by atoms with van der Waals surface area (Å²) in [5.41, 5.74) is -2.80. The van der Waals surface area contributed by atoms with Gasteiger partial charge in [0, 0.05) is 39.6 Å². The summed E-state index contributed by atoms with van der Waals surface area (Å²) in [5.74, 6) is 1.66. The monoisotopic (exact) mass is 448 g/mol. The van der Waals surface area contributed by atoms with E-state index in [9.17, 15) is 21.6 Å². The van der Waals surface area contributed by atoms with Gasteiger partial charge in [0.1, 0.15) is 5.75 Å². The van der Waals surface area contributed by atoms with Gasteiger partial charge in [-0.2, -0.15) is 17.5 Å². The minimum atomic E-state index is -5.24. The molecular formula is C19H27F3N4O3S. The fourth-order valence-corrected chi connectivity index (χ4v) is 4.67. The summed E-state index contributed by atoms with van der Waals surface area (Å²) in [6.07, 6.45) is 2.50. The van der Waals surface area contributed by atoms with E-state index in [1.54, 1.807) is 7.05 Å². The lowest BCUT2D eigenvalue weighted by Crippen LogP contribution is -2.47. The molecule has 1 aromatic carbocycles. The Balaban J connectivity index is 1.39. The van der Waals surface area contributed by atoms with E-state index in [1.165, 1.54) is 11.1 Å². The molecule has 0 bridgehead atoms. The van der Waals surface area contributed by atoms with Crippen LogP contribution in [0.25, 0.3) is 0 Å². The van der Waals surface area contributed by atoms with Crippen LogP contribution in [0.1, 0.15) is 24.0 Å². The van der Waals surface area contributed by atoms with Crippen LogP contribution in [0.3, 0.4) is 0 Å². The number of halogens is 3. The van der Waals surface area contributed by atoms with E-state index in [4.69, 9.17) is 4.74 Å². The summed E-state index contributed by atoms with van der Waals surface area (Å²) in [5, 5.41) is 6.41. The molecule has 0 spiro atoms. The van der Waals surface area contributed by atoms with Gasteiger partial charge in [-0.3, -0.25) is 4.99 Å². The first-order valence-corrected chi connectivity index (χ1v) is 11.4. The molecule has 2 aliphatic rings. The Hall–Kier alpha value is -2.01. The maximum absolute atomic E-state index is 12.6. The smallest absolute Gasteiger partial charge is 0.493 e. The molecule has 0 saturated carbocycles. The van der Waals surface area contributed by atoms with Gasteiger partial charge in [-0.05, 0) is 42.4 Å². The molecule has 1 fully saturated rings. The van der Waals surface area contributed by atoms with E-state index < -0.39 is 15.5 Å². The number of alkyl halides is 3. The number of fused-ring (bicyclic) bond motifs is 1. The van der Waals surface area contributed by atoms with E-state index in [0.717, 1.165) is 25.2 Å². The largest absolute Gasteiger partial charge is 0.511 e. The zero-order chi connectivity index (χ0) is 21.8. The van der Waals surface area contributed by atoms with Crippen molar-refractivity contribution < 1.29 is 26.3 Å². The lowest BCUT2D eigenvalue weighted by atomic mass is 9.98. The van der Waals surface area contributed by atoms with Crippen LogP contribution in [0, 0.1) is 5.92 Å². The number of sulfonamides is 1. The topological polar surface area (TPSA) is 83.0 Å². The predicted octanol–water partition coefficient (Wildman–Crippen LogP) is 1.89. The van der Waals surface area contributed by atoms with Crippen molar-refractivity contribution in [2.75, 3.05) is 39.8 Å². The molecule has 7 nitrogen and oxygen atoms in total. The quantitative estimate of drug-likeness (QED) is 0.513. The van der Waals surface area contributed by atoms with Gasteiger partial charge in [0.15, 0.2) is 5.96 Å². The predicted molar refractivity (Wildman–Crippen MR) is 108 cm³/mol. The van der Waals surface area contributed by atoms with Gasteiger partial charge >= 0.3 is 15.5 Å². The maximum atomic E-state index is 12.6. The van der Waals surface area contributed by atoms with Crippen LogP contribution in [0.4, 0.5) is 13.2 Å². The molecular weight excluding hydrogens is 421 g/mol. The normalized spacial score (nSPS) is 18.7. The fraction of sp³-hybridized carbons (Fsp3) is 0.632. The number of piperidine rings is 1. The van der Waals surface area contributed by atoms with Crippen LogP contribution in [-0.4, -0.2) is 64.0 Å². The first-order chi connectivity index (χ1) is 14.2. The number of aliphatic imine (C=N–C) groups is 1. The first kappa shape index (κ1) is 22.7. The highest BCUT2D eigenvalue weighted by Crippen LogP contribution is 2.30. The van der Waals surface area contributed by atoms with Crippen molar-refractivity contribution in [3.63, 3.8) is 0 Å². The third kappa shape index (κ3) is 5.37. The number of nitrogens with one attached hydrogen (secondary N) is 2. The van der Waals surface area contributed by atoms with E-state index in [0.29, 0.717) is 36.2 Å². The van der Waals surface area contributed by atoms with Crippen LogP contribution in [-0.2, 0) is 22.9 Å². The van der Waals surface area contributed by atoms with Crippen LogP contribution < -0.4 is 15.4 Å². The Kier molecular flexibility index (Phi) is 7.12. The summed E-state index contributed by atoms with van der Waals surface area (Å²) in [4.78, 5) is 4.17. The second-order valence-electron chi connectivity index (χ2n) is 7.46. The van der Waals surface area contributed by atoms with Crippen LogP contribution >= 0.6 is 0 Å². The highest BCUT2D eigenvalue weighted by atomic mass is 32.2. The lowest BCUT2D eigenvalue weighted by Gasteiger charge is -2.31. The molecule has 0 amide bonds. The average molecular weight is 449 g/mol. The Bertz CT molecular complexity index is 866. The number of nitrogens with zero attached hydrogens (tertiary/aromatic N) is 2. The van der Waals surface area contributed by atoms with E-state index in [2.05, 4.69) is 21.7 Å². The van der Waals surface area contributed by atoms with Crippen molar-refractivity contribution in [3.05, 3.63) is 29.3 Å². The molecule has 0 aliphatic carbocycles. The SMILES string of the molecule is CN=C(NCCc1ccc2c(c1)CCO2)NCC1CCN(S(=O)(=O)C(F)(F)F)CC1. The van der Waals surface area contributed by atoms with Gasteiger partial charge in [-0.15, -0.1) is 0 Å². The van der Waals surface area contributed by atoms with E-state index in [1.807, 2.05) is 12.1 Å². The Morgan fingerprint density at radius 3 is 2.67 bits per heavy atom. The van der Waals surface area contributed by atoms with Crippen molar-refractivity contribution in [1.29, 1.82) is 0 Å². The van der Waals surface area contributed by atoms with Crippen molar-refractivity contribution in [2.45, 2.75) is 31.2 Å². The zero-order valence-electron chi connectivity index (χ0n) is 16.8. The molecule has 1 aromatic rings. The molecule has 2 N–H and O–H groups in total. The van der Waals surface area contributed by atoms with Gasteiger partial charge in [0.05, 0.1) is 6.61 Å². The highest BCUT2D eigenvalue weighted by Gasteiger charge is 2.50. The Morgan fingerprint density at radius 1 is 1.27 bits per heavy atom. The molecule has 0 radical (unpaired) electrons. The highest BCUT2D eigenvalue weighted by molar-refractivity contribution is 7.90. The Labute approximate surface area is 174 Å². The summed E-state index contributed by atoms with van der Waals surface area (Å²) >= 11 is 0. The van der Waals surface area contributed by atoms with Gasteiger partial charge in [-0.1, -0.05) is 12.1 Å². The van der Waals surface area contributed by atoms with E-state index in [-0.39, 0.29) is 19.0 Å². The second-order valence-corrected chi connectivity index (χ2v) is 9.39. The number of hydrogen-bond acceptors (Lipinski definition) is 4. The molecule has 168 valence electrons.